The summed E-state index contributed by atoms with van der Waals surface area (Å²) < 4.78 is 5.43. The van der Waals surface area contributed by atoms with E-state index >= 15 is 0 Å². The van der Waals surface area contributed by atoms with Gasteiger partial charge in [-0.3, -0.25) is 0 Å². The molecule has 0 unspecified atom stereocenters. The van der Waals surface area contributed by atoms with E-state index in [2.05, 4.69) is 58.5 Å². The molecule has 2 heteroatoms. The highest BCUT2D eigenvalue weighted by Crippen LogP contribution is 2.34. The molecule has 0 N–H and O–H groups in total. The molecule has 0 bridgehead atoms. The molecule has 0 spiro atoms. The zero-order valence-electron chi connectivity index (χ0n) is 10.9. The minimum absolute atomic E-state index is 0.0410. The molecule has 0 atom stereocenters. The highest BCUT2D eigenvalue weighted by molar-refractivity contribution is 7.80. The minimum Gasteiger partial charge on any atom is -0.496 e. The maximum absolute atomic E-state index is 5.43. The second kappa shape index (κ2) is 5.13. The Bertz CT molecular complexity index is 356. The molecule has 0 fully saturated rings. The molecule has 0 saturated carbocycles. The molecule has 0 aliphatic rings. The average Bonchev–Trinajstić information content (AvgIpc) is 2.28. The summed E-state index contributed by atoms with van der Waals surface area (Å²) in [5.74, 6) is 2.31. The highest BCUT2D eigenvalue weighted by atomic mass is 32.1. The van der Waals surface area contributed by atoms with Crippen LogP contribution in [0.3, 0.4) is 0 Å². The summed E-state index contributed by atoms with van der Waals surface area (Å²) in [6, 6.07) is 6.46. The van der Waals surface area contributed by atoms with Crippen LogP contribution in [0.15, 0.2) is 18.2 Å². The van der Waals surface area contributed by atoms with Gasteiger partial charge in [0, 0.05) is 11.0 Å². The molecule has 1 aromatic carbocycles. The van der Waals surface area contributed by atoms with Crippen molar-refractivity contribution in [2.75, 3.05) is 12.9 Å². The Morgan fingerprint density at radius 2 is 1.94 bits per heavy atom. The Morgan fingerprint density at radius 1 is 1.31 bits per heavy atom. The number of methoxy groups -OCH3 is 1. The van der Waals surface area contributed by atoms with Crippen molar-refractivity contribution in [1.82, 2.24) is 0 Å². The summed E-state index contributed by atoms with van der Waals surface area (Å²) in [5.41, 5.74) is 2.64. The van der Waals surface area contributed by atoms with E-state index in [9.17, 15) is 0 Å². The lowest BCUT2D eigenvalue weighted by Crippen LogP contribution is -2.20. The van der Waals surface area contributed by atoms with Gasteiger partial charge >= 0.3 is 0 Å². The Morgan fingerprint density at radius 3 is 2.38 bits per heavy atom. The molecule has 0 aliphatic heterocycles. The van der Waals surface area contributed by atoms with Crippen molar-refractivity contribution >= 4 is 12.6 Å². The van der Waals surface area contributed by atoms with E-state index in [0.717, 1.165) is 11.5 Å². The van der Waals surface area contributed by atoms with Crippen molar-refractivity contribution in [2.24, 2.45) is 0 Å². The number of hydrogen-bond donors (Lipinski definition) is 1. The zero-order valence-corrected chi connectivity index (χ0v) is 11.8. The molecular formula is C14H22OS. The largest absolute Gasteiger partial charge is 0.496 e. The van der Waals surface area contributed by atoms with Crippen LogP contribution in [0, 0.1) is 0 Å². The van der Waals surface area contributed by atoms with Crippen LogP contribution in [0.4, 0.5) is 0 Å². The maximum Gasteiger partial charge on any atom is 0.122 e. The average molecular weight is 238 g/mol. The third-order valence-corrected chi connectivity index (χ3v) is 3.81. The van der Waals surface area contributed by atoms with Gasteiger partial charge in [-0.2, -0.15) is 12.6 Å². The molecule has 0 aromatic heterocycles. The van der Waals surface area contributed by atoms with Gasteiger partial charge in [0.05, 0.1) is 7.11 Å². The van der Waals surface area contributed by atoms with E-state index in [1.54, 1.807) is 7.11 Å². The predicted molar refractivity (Wildman–Crippen MR) is 74.0 cm³/mol. The lowest BCUT2D eigenvalue weighted by atomic mass is 9.84. The van der Waals surface area contributed by atoms with E-state index in [-0.39, 0.29) is 5.41 Å². The summed E-state index contributed by atoms with van der Waals surface area (Å²) in [6.07, 6.45) is 0. The van der Waals surface area contributed by atoms with Crippen LogP contribution in [-0.4, -0.2) is 12.9 Å². The van der Waals surface area contributed by atoms with Gasteiger partial charge in [0.2, 0.25) is 0 Å². The SMILES string of the molecule is COc1ccc(C(C)C)cc1C(C)(C)CS. The summed E-state index contributed by atoms with van der Waals surface area (Å²) >= 11 is 4.43. The maximum atomic E-state index is 5.43. The van der Waals surface area contributed by atoms with Crippen LogP contribution in [0.1, 0.15) is 44.7 Å². The molecule has 90 valence electrons. The summed E-state index contributed by atoms with van der Waals surface area (Å²) in [5, 5.41) is 0. The topological polar surface area (TPSA) is 9.23 Å². The molecule has 1 nitrogen and oxygen atoms in total. The van der Waals surface area contributed by atoms with Gasteiger partial charge in [-0.1, -0.05) is 39.8 Å². The first kappa shape index (κ1) is 13.4. The van der Waals surface area contributed by atoms with Crippen molar-refractivity contribution in [3.05, 3.63) is 29.3 Å². The monoisotopic (exact) mass is 238 g/mol. The van der Waals surface area contributed by atoms with Crippen molar-refractivity contribution in [2.45, 2.75) is 39.0 Å². The number of thiol groups is 1. The first-order valence-corrected chi connectivity index (χ1v) is 6.35. The van der Waals surface area contributed by atoms with Gasteiger partial charge in [0.15, 0.2) is 0 Å². The number of hydrogen-bond acceptors (Lipinski definition) is 2. The van der Waals surface area contributed by atoms with E-state index in [1.807, 2.05) is 0 Å². The van der Waals surface area contributed by atoms with Gasteiger partial charge < -0.3 is 4.74 Å². The third-order valence-electron chi connectivity index (χ3n) is 3.01. The molecule has 0 heterocycles. The third kappa shape index (κ3) is 2.73. The van der Waals surface area contributed by atoms with E-state index < -0.39 is 0 Å². The van der Waals surface area contributed by atoms with E-state index in [0.29, 0.717) is 5.92 Å². The van der Waals surface area contributed by atoms with Gasteiger partial charge in [-0.15, -0.1) is 0 Å². The first-order chi connectivity index (χ1) is 7.42. The Kier molecular flexibility index (Phi) is 4.31. The second-order valence-corrected chi connectivity index (χ2v) is 5.47. The molecule has 0 aliphatic carbocycles. The number of benzene rings is 1. The van der Waals surface area contributed by atoms with Crippen LogP contribution in [0.25, 0.3) is 0 Å². The van der Waals surface area contributed by atoms with Crippen LogP contribution in [0.2, 0.25) is 0 Å². The van der Waals surface area contributed by atoms with Crippen molar-refractivity contribution < 1.29 is 4.74 Å². The molecular weight excluding hydrogens is 216 g/mol. The second-order valence-electron chi connectivity index (χ2n) is 5.16. The molecule has 0 amide bonds. The standard InChI is InChI=1S/C14H22OS/c1-10(2)11-6-7-13(15-5)12(8-11)14(3,4)9-16/h6-8,10,16H,9H2,1-5H3. The lowest BCUT2D eigenvalue weighted by Gasteiger charge is -2.26. The van der Waals surface area contributed by atoms with E-state index in [1.165, 1.54) is 11.1 Å². The van der Waals surface area contributed by atoms with Gasteiger partial charge in [0.1, 0.15) is 5.75 Å². The lowest BCUT2D eigenvalue weighted by molar-refractivity contribution is 0.398. The minimum atomic E-state index is 0.0410. The quantitative estimate of drug-likeness (QED) is 0.779. The van der Waals surface area contributed by atoms with Gasteiger partial charge in [-0.25, -0.2) is 0 Å². The van der Waals surface area contributed by atoms with Gasteiger partial charge in [0.25, 0.3) is 0 Å². The summed E-state index contributed by atoms with van der Waals surface area (Å²) in [4.78, 5) is 0. The normalized spacial score (nSPS) is 11.9. The van der Waals surface area contributed by atoms with Gasteiger partial charge in [-0.05, 0) is 23.3 Å². The Labute approximate surface area is 105 Å². The molecule has 16 heavy (non-hydrogen) atoms. The molecule has 0 saturated heterocycles. The molecule has 1 rings (SSSR count). The molecule has 0 radical (unpaired) electrons. The predicted octanol–water partition coefficient (Wildman–Crippen LogP) is 4.03. The fraction of sp³-hybridized carbons (Fsp3) is 0.571. The first-order valence-electron chi connectivity index (χ1n) is 5.71. The Hall–Kier alpha value is -0.630. The van der Waals surface area contributed by atoms with Crippen molar-refractivity contribution in [3.63, 3.8) is 0 Å². The van der Waals surface area contributed by atoms with Crippen LogP contribution in [0.5, 0.6) is 5.75 Å². The van der Waals surface area contributed by atoms with Crippen LogP contribution >= 0.6 is 12.6 Å². The fourth-order valence-corrected chi connectivity index (χ4v) is 1.87. The summed E-state index contributed by atoms with van der Waals surface area (Å²) in [7, 11) is 1.72. The number of rotatable bonds is 4. The fourth-order valence-electron chi connectivity index (χ4n) is 1.70. The smallest absolute Gasteiger partial charge is 0.122 e. The van der Waals surface area contributed by atoms with Crippen molar-refractivity contribution in [3.8, 4) is 5.75 Å². The zero-order chi connectivity index (χ0) is 12.3. The summed E-state index contributed by atoms with van der Waals surface area (Å²) in [6.45, 7) is 8.81. The number of ether oxygens (including phenoxy) is 1. The molecule has 1 aromatic rings. The Balaban J connectivity index is 3.27. The highest BCUT2D eigenvalue weighted by Gasteiger charge is 2.23. The van der Waals surface area contributed by atoms with E-state index in [4.69, 9.17) is 4.74 Å². The van der Waals surface area contributed by atoms with Crippen LogP contribution < -0.4 is 4.74 Å². The van der Waals surface area contributed by atoms with Crippen molar-refractivity contribution in [1.29, 1.82) is 0 Å². The van der Waals surface area contributed by atoms with Crippen LogP contribution in [-0.2, 0) is 5.41 Å².